The number of pyridine rings is 1. The molecule has 0 aliphatic carbocycles. The second kappa shape index (κ2) is 6.48. The number of benzene rings is 2. The minimum absolute atomic E-state index is 0.217. The lowest BCUT2D eigenvalue weighted by molar-refractivity contribution is -0.108. The highest BCUT2D eigenvalue weighted by atomic mass is 16.3. The van der Waals surface area contributed by atoms with Crippen molar-refractivity contribution in [1.82, 2.24) is 10.3 Å². The number of phenolic OH excluding ortho intramolecular Hbond substituents is 2. The van der Waals surface area contributed by atoms with Crippen molar-refractivity contribution in [2.45, 2.75) is 6.92 Å². The maximum atomic E-state index is 10.5. The van der Waals surface area contributed by atoms with E-state index in [4.69, 9.17) is 5.41 Å². The predicted molar refractivity (Wildman–Crippen MR) is 95.8 cm³/mol. The van der Waals surface area contributed by atoms with E-state index in [-0.39, 0.29) is 17.5 Å². The summed E-state index contributed by atoms with van der Waals surface area (Å²) in [7, 11) is 0. The number of carbonyl (C=O) groups excluding carboxylic acids is 1. The van der Waals surface area contributed by atoms with Crippen LogP contribution in [0, 0.1) is 12.3 Å². The van der Waals surface area contributed by atoms with E-state index in [1.807, 2.05) is 31.2 Å². The number of hydrogen-bond donors (Lipinski definition) is 5. The minimum Gasteiger partial charge on any atom is -0.504 e. The number of anilines is 1. The average Bonchev–Trinajstić information content (AvgIpc) is 2.57. The number of amides is 1. The molecule has 0 saturated carbocycles. The predicted octanol–water partition coefficient (Wildman–Crippen LogP) is 2.71. The first-order valence-electron chi connectivity index (χ1n) is 7.48. The Balaban J connectivity index is 2.23. The van der Waals surface area contributed by atoms with E-state index >= 15 is 0 Å². The summed E-state index contributed by atoms with van der Waals surface area (Å²) in [6.45, 7) is 1.96. The van der Waals surface area contributed by atoms with Crippen molar-refractivity contribution in [3.8, 4) is 22.8 Å². The van der Waals surface area contributed by atoms with E-state index in [2.05, 4.69) is 15.6 Å². The Bertz CT molecular complexity index is 985. The summed E-state index contributed by atoms with van der Waals surface area (Å²) < 4.78 is 0. The molecule has 1 aromatic heterocycles. The molecule has 0 unspecified atom stereocenters. The molecule has 126 valence electrons. The van der Waals surface area contributed by atoms with Gasteiger partial charge in [-0.25, -0.2) is 4.98 Å². The molecule has 0 atom stereocenters. The van der Waals surface area contributed by atoms with Gasteiger partial charge in [0.2, 0.25) is 6.41 Å². The van der Waals surface area contributed by atoms with Crippen molar-refractivity contribution < 1.29 is 15.0 Å². The molecule has 0 spiro atoms. The third-order valence-electron chi connectivity index (χ3n) is 3.79. The lowest BCUT2D eigenvalue weighted by Gasteiger charge is -2.14. The Morgan fingerprint density at radius 1 is 1.16 bits per heavy atom. The summed E-state index contributed by atoms with van der Waals surface area (Å²) in [5.41, 5.74) is 3.46. The fraction of sp³-hybridized carbons (Fsp3) is 0.0556. The first-order chi connectivity index (χ1) is 12.0. The zero-order valence-corrected chi connectivity index (χ0v) is 13.4. The Hall–Kier alpha value is -3.61. The van der Waals surface area contributed by atoms with Crippen LogP contribution in [-0.4, -0.2) is 27.6 Å². The van der Waals surface area contributed by atoms with Crippen LogP contribution < -0.4 is 10.6 Å². The Kier molecular flexibility index (Phi) is 4.21. The summed E-state index contributed by atoms with van der Waals surface area (Å²) in [4.78, 5) is 15.1. The Morgan fingerprint density at radius 3 is 2.60 bits per heavy atom. The highest BCUT2D eigenvalue weighted by Crippen LogP contribution is 2.35. The van der Waals surface area contributed by atoms with E-state index in [9.17, 15) is 15.0 Å². The number of carbonyl (C=O) groups is 1. The van der Waals surface area contributed by atoms with Gasteiger partial charge in [0.25, 0.3) is 0 Å². The smallest absolute Gasteiger partial charge is 0.213 e. The molecule has 3 rings (SSSR count). The van der Waals surface area contributed by atoms with Gasteiger partial charge in [-0.3, -0.25) is 15.5 Å². The summed E-state index contributed by atoms with van der Waals surface area (Å²) in [5.74, 6) is -0.796. The van der Waals surface area contributed by atoms with Gasteiger partial charge < -0.3 is 15.5 Å². The number of nitrogens with zero attached hydrogens (tertiary/aromatic N) is 1. The number of guanidine groups is 1. The fourth-order valence-corrected chi connectivity index (χ4v) is 2.58. The number of aromatic hydroxyl groups is 2. The zero-order valence-electron chi connectivity index (χ0n) is 13.4. The molecule has 1 heterocycles. The van der Waals surface area contributed by atoms with Crippen molar-refractivity contribution in [2.24, 2.45) is 0 Å². The Morgan fingerprint density at radius 2 is 1.88 bits per heavy atom. The van der Waals surface area contributed by atoms with Gasteiger partial charge in [-0.2, -0.15) is 0 Å². The molecule has 1 amide bonds. The van der Waals surface area contributed by atoms with Crippen molar-refractivity contribution in [1.29, 1.82) is 5.41 Å². The first kappa shape index (κ1) is 16.3. The van der Waals surface area contributed by atoms with Crippen LogP contribution in [-0.2, 0) is 4.79 Å². The highest BCUT2D eigenvalue weighted by molar-refractivity contribution is 6.05. The van der Waals surface area contributed by atoms with E-state index < -0.39 is 0 Å². The summed E-state index contributed by atoms with van der Waals surface area (Å²) in [6.07, 6.45) is 0.393. The van der Waals surface area contributed by atoms with Gasteiger partial charge in [0.15, 0.2) is 17.5 Å². The maximum Gasteiger partial charge on any atom is 0.213 e. The minimum atomic E-state index is -0.295. The van der Waals surface area contributed by atoms with Gasteiger partial charge in [-0.1, -0.05) is 24.3 Å². The van der Waals surface area contributed by atoms with Crippen LogP contribution in [0.4, 0.5) is 5.69 Å². The summed E-state index contributed by atoms with van der Waals surface area (Å²) >= 11 is 0. The van der Waals surface area contributed by atoms with E-state index in [1.54, 1.807) is 6.07 Å². The number of nitrogens with one attached hydrogen (secondary N) is 3. The molecule has 25 heavy (non-hydrogen) atoms. The molecule has 2 aromatic carbocycles. The van der Waals surface area contributed by atoms with Crippen molar-refractivity contribution in [3.05, 3.63) is 48.0 Å². The number of fused-ring (bicyclic) bond motifs is 1. The Labute approximate surface area is 143 Å². The molecular formula is C18H16N4O3. The topological polar surface area (TPSA) is 118 Å². The van der Waals surface area contributed by atoms with Crippen LogP contribution in [0.5, 0.6) is 11.5 Å². The van der Waals surface area contributed by atoms with Crippen LogP contribution in [0.3, 0.4) is 0 Å². The monoisotopic (exact) mass is 336 g/mol. The third kappa shape index (κ3) is 3.20. The van der Waals surface area contributed by atoms with E-state index in [1.165, 1.54) is 12.1 Å². The molecule has 3 aromatic rings. The SMILES string of the molecule is Cc1ccccc1-c1cc(NC(=N)NC=O)c2cc(O)c(O)cc2n1. The van der Waals surface area contributed by atoms with Gasteiger partial charge in [-0.05, 0) is 24.6 Å². The van der Waals surface area contributed by atoms with Crippen molar-refractivity contribution >= 4 is 29.0 Å². The third-order valence-corrected chi connectivity index (χ3v) is 3.79. The largest absolute Gasteiger partial charge is 0.504 e. The lowest BCUT2D eigenvalue weighted by atomic mass is 10.0. The van der Waals surface area contributed by atoms with Crippen LogP contribution in [0.25, 0.3) is 22.2 Å². The standard InChI is InChI=1S/C18H16N4O3/c1-10-4-2-3-5-11(10)13-7-14(22-18(19)20-9-23)12-6-16(24)17(25)8-15(12)21-13/h2-9,24-25H,1H3,(H3,19,20,21,22,23). The molecule has 7 nitrogen and oxygen atoms in total. The molecule has 7 heteroatoms. The number of phenols is 2. The van der Waals surface area contributed by atoms with E-state index in [0.29, 0.717) is 28.7 Å². The number of rotatable bonds is 3. The normalized spacial score (nSPS) is 10.4. The molecule has 0 aliphatic heterocycles. The second-order valence-corrected chi connectivity index (χ2v) is 5.49. The molecule has 5 N–H and O–H groups in total. The quantitative estimate of drug-likeness (QED) is 0.218. The second-order valence-electron chi connectivity index (χ2n) is 5.49. The number of aromatic nitrogens is 1. The first-order valence-corrected chi connectivity index (χ1v) is 7.48. The zero-order chi connectivity index (χ0) is 18.0. The molecule has 0 fully saturated rings. The molecule has 0 radical (unpaired) electrons. The van der Waals surface area contributed by atoms with Gasteiger partial charge in [-0.15, -0.1) is 0 Å². The summed E-state index contributed by atoms with van der Waals surface area (Å²) in [6, 6.07) is 12.1. The molecule has 0 aliphatic rings. The molecular weight excluding hydrogens is 320 g/mol. The van der Waals surface area contributed by atoms with Crippen molar-refractivity contribution in [3.63, 3.8) is 0 Å². The fourth-order valence-electron chi connectivity index (χ4n) is 2.58. The van der Waals surface area contributed by atoms with Gasteiger partial charge >= 0.3 is 0 Å². The highest BCUT2D eigenvalue weighted by Gasteiger charge is 2.13. The molecule has 0 bridgehead atoms. The van der Waals surface area contributed by atoms with Gasteiger partial charge in [0, 0.05) is 17.0 Å². The van der Waals surface area contributed by atoms with Crippen LogP contribution >= 0.6 is 0 Å². The van der Waals surface area contributed by atoms with Crippen LogP contribution in [0.2, 0.25) is 0 Å². The average molecular weight is 336 g/mol. The molecule has 0 saturated heterocycles. The number of aryl methyl sites for hydroxylation is 1. The summed E-state index contributed by atoms with van der Waals surface area (Å²) in [5, 5.41) is 32.8. The van der Waals surface area contributed by atoms with Gasteiger partial charge in [0.1, 0.15) is 0 Å². The van der Waals surface area contributed by atoms with Gasteiger partial charge in [0.05, 0.1) is 16.9 Å². The van der Waals surface area contributed by atoms with E-state index in [0.717, 1.165) is 11.1 Å². The lowest BCUT2D eigenvalue weighted by Crippen LogP contribution is -2.28. The van der Waals surface area contributed by atoms with Crippen LogP contribution in [0.1, 0.15) is 5.56 Å². The van der Waals surface area contributed by atoms with Crippen molar-refractivity contribution in [2.75, 3.05) is 5.32 Å². The maximum absolute atomic E-state index is 10.5. The number of hydrogen-bond acceptors (Lipinski definition) is 5. The van der Waals surface area contributed by atoms with Crippen LogP contribution in [0.15, 0.2) is 42.5 Å².